The number of aromatic nitrogens is 3. The lowest BCUT2D eigenvalue weighted by molar-refractivity contribution is 1.05. The monoisotopic (exact) mass is 319 g/mol. The Morgan fingerprint density at radius 2 is 1.83 bits per heavy atom. The lowest BCUT2D eigenvalue weighted by Gasteiger charge is -2.11. The second-order valence-electron chi connectivity index (χ2n) is 5.86. The third kappa shape index (κ3) is 4.07. The Labute approximate surface area is 142 Å². The minimum absolute atomic E-state index is 0.590. The van der Waals surface area contributed by atoms with Crippen LogP contribution < -0.4 is 10.6 Å². The van der Waals surface area contributed by atoms with Gasteiger partial charge in [-0.3, -0.25) is 4.98 Å². The predicted molar refractivity (Wildman–Crippen MR) is 97.5 cm³/mol. The average Bonchev–Trinajstić information content (AvgIpc) is 2.57. The van der Waals surface area contributed by atoms with Crippen LogP contribution >= 0.6 is 0 Å². The molecule has 0 unspecified atom stereocenters. The summed E-state index contributed by atoms with van der Waals surface area (Å²) in [5, 5.41) is 6.59. The van der Waals surface area contributed by atoms with Gasteiger partial charge < -0.3 is 10.6 Å². The summed E-state index contributed by atoms with van der Waals surface area (Å²) in [6.07, 6.45) is 3.61. The van der Waals surface area contributed by atoms with Crippen molar-refractivity contribution in [3.8, 4) is 0 Å². The fourth-order valence-electron chi connectivity index (χ4n) is 2.36. The summed E-state index contributed by atoms with van der Waals surface area (Å²) in [6, 6.07) is 12.1. The van der Waals surface area contributed by atoms with Crippen molar-refractivity contribution in [2.24, 2.45) is 0 Å². The topological polar surface area (TPSA) is 62.7 Å². The van der Waals surface area contributed by atoms with Crippen LogP contribution in [-0.4, -0.2) is 15.0 Å². The number of pyridine rings is 1. The van der Waals surface area contributed by atoms with E-state index in [9.17, 15) is 0 Å². The highest BCUT2D eigenvalue weighted by molar-refractivity contribution is 5.57. The van der Waals surface area contributed by atoms with E-state index in [4.69, 9.17) is 0 Å². The Morgan fingerprint density at radius 1 is 0.958 bits per heavy atom. The molecule has 1 aromatic carbocycles. The molecule has 0 atom stereocenters. The number of nitrogens with one attached hydrogen (secondary N) is 2. The first-order chi connectivity index (χ1) is 11.6. The largest absolute Gasteiger partial charge is 0.366 e. The van der Waals surface area contributed by atoms with Gasteiger partial charge in [0.25, 0.3) is 0 Å². The molecule has 0 bridgehead atoms. The molecule has 5 nitrogen and oxygen atoms in total. The van der Waals surface area contributed by atoms with Gasteiger partial charge in [0.1, 0.15) is 5.82 Å². The highest BCUT2D eigenvalue weighted by atomic mass is 15.1. The molecule has 0 spiro atoms. The molecule has 5 heteroatoms. The van der Waals surface area contributed by atoms with Gasteiger partial charge >= 0.3 is 0 Å². The van der Waals surface area contributed by atoms with E-state index in [0.29, 0.717) is 12.5 Å². The molecular weight excluding hydrogens is 298 g/mol. The van der Waals surface area contributed by atoms with E-state index >= 15 is 0 Å². The molecule has 0 aliphatic heterocycles. The molecule has 0 amide bonds. The van der Waals surface area contributed by atoms with Crippen LogP contribution in [0.2, 0.25) is 0 Å². The van der Waals surface area contributed by atoms with Crippen molar-refractivity contribution in [2.45, 2.75) is 27.3 Å². The lowest BCUT2D eigenvalue weighted by Crippen LogP contribution is -2.06. The Bertz CT molecular complexity index is 830. The molecule has 0 fully saturated rings. The van der Waals surface area contributed by atoms with Crippen LogP contribution in [0.3, 0.4) is 0 Å². The number of anilines is 3. The van der Waals surface area contributed by atoms with E-state index in [0.717, 1.165) is 22.8 Å². The first kappa shape index (κ1) is 15.9. The highest BCUT2D eigenvalue weighted by Gasteiger charge is 2.04. The molecule has 2 N–H and O–H groups in total. The minimum atomic E-state index is 0.590. The highest BCUT2D eigenvalue weighted by Crippen LogP contribution is 2.19. The summed E-state index contributed by atoms with van der Waals surface area (Å²) < 4.78 is 0. The summed E-state index contributed by atoms with van der Waals surface area (Å²) in [7, 11) is 0. The summed E-state index contributed by atoms with van der Waals surface area (Å²) in [5.41, 5.74) is 5.51. The van der Waals surface area contributed by atoms with Gasteiger partial charge in [0.05, 0.1) is 0 Å². The van der Waals surface area contributed by atoms with Gasteiger partial charge in [-0.15, -0.1) is 0 Å². The number of rotatable bonds is 5. The van der Waals surface area contributed by atoms with Gasteiger partial charge in [-0.25, -0.2) is 4.98 Å². The molecule has 3 aromatic rings. The molecule has 0 radical (unpaired) electrons. The number of nitrogens with zero attached hydrogens (tertiary/aromatic N) is 3. The molecule has 3 rings (SSSR count). The van der Waals surface area contributed by atoms with Crippen LogP contribution in [0.15, 0.2) is 48.8 Å². The molecule has 0 aliphatic carbocycles. The first-order valence-corrected chi connectivity index (χ1v) is 7.93. The molecule has 0 saturated carbocycles. The second-order valence-corrected chi connectivity index (χ2v) is 5.86. The zero-order valence-electron chi connectivity index (χ0n) is 14.2. The summed E-state index contributed by atoms with van der Waals surface area (Å²) in [6.45, 7) is 6.83. The van der Waals surface area contributed by atoms with Crippen molar-refractivity contribution in [3.63, 3.8) is 0 Å². The summed E-state index contributed by atoms with van der Waals surface area (Å²) >= 11 is 0. The Kier molecular flexibility index (Phi) is 4.70. The van der Waals surface area contributed by atoms with E-state index in [1.54, 1.807) is 6.20 Å². The maximum atomic E-state index is 4.54. The molecule has 122 valence electrons. The van der Waals surface area contributed by atoms with E-state index in [1.165, 1.54) is 11.1 Å². The fraction of sp³-hybridized carbons (Fsp3) is 0.211. The van der Waals surface area contributed by atoms with Gasteiger partial charge in [0.15, 0.2) is 0 Å². The normalized spacial score (nSPS) is 10.5. The zero-order chi connectivity index (χ0) is 16.9. The van der Waals surface area contributed by atoms with E-state index in [2.05, 4.69) is 51.6 Å². The third-order valence-corrected chi connectivity index (χ3v) is 3.81. The van der Waals surface area contributed by atoms with E-state index in [1.807, 2.05) is 37.4 Å². The smallest absolute Gasteiger partial charge is 0.229 e. The SMILES string of the molecule is Cc1cc(NCc2cccnc2)nc(Nc2ccc(C)c(C)c2)n1. The van der Waals surface area contributed by atoms with Crippen LogP contribution in [0.5, 0.6) is 0 Å². The van der Waals surface area contributed by atoms with Crippen LogP contribution in [0, 0.1) is 20.8 Å². The van der Waals surface area contributed by atoms with E-state index < -0.39 is 0 Å². The average molecular weight is 319 g/mol. The molecule has 0 saturated heterocycles. The van der Waals surface area contributed by atoms with Crippen LogP contribution in [0.25, 0.3) is 0 Å². The Hall–Kier alpha value is -2.95. The quantitative estimate of drug-likeness (QED) is 0.739. The standard InChI is InChI=1S/C19H21N5/c1-13-6-7-17(9-14(13)2)23-19-22-15(3)10-18(24-19)21-12-16-5-4-8-20-11-16/h4-11H,12H2,1-3H3,(H2,21,22,23,24). The summed E-state index contributed by atoms with van der Waals surface area (Å²) in [5.74, 6) is 1.38. The number of hydrogen-bond donors (Lipinski definition) is 2. The van der Waals surface area contributed by atoms with Crippen molar-refractivity contribution in [3.05, 3.63) is 71.2 Å². The maximum Gasteiger partial charge on any atom is 0.229 e. The van der Waals surface area contributed by atoms with Crippen LogP contribution in [0.1, 0.15) is 22.4 Å². The van der Waals surface area contributed by atoms with Crippen molar-refractivity contribution in [2.75, 3.05) is 10.6 Å². The minimum Gasteiger partial charge on any atom is -0.366 e. The summed E-state index contributed by atoms with van der Waals surface area (Å²) in [4.78, 5) is 13.1. The van der Waals surface area contributed by atoms with Crippen molar-refractivity contribution in [1.82, 2.24) is 15.0 Å². The third-order valence-electron chi connectivity index (χ3n) is 3.81. The van der Waals surface area contributed by atoms with E-state index in [-0.39, 0.29) is 0 Å². The molecule has 0 aliphatic rings. The second kappa shape index (κ2) is 7.08. The van der Waals surface area contributed by atoms with Crippen LogP contribution in [0.4, 0.5) is 17.5 Å². The Balaban J connectivity index is 1.74. The fourth-order valence-corrected chi connectivity index (χ4v) is 2.36. The van der Waals surface area contributed by atoms with Gasteiger partial charge in [-0.1, -0.05) is 12.1 Å². The zero-order valence-corrected chi connectivity index (χ0v) is 14.2. The van der Waals surface area contributed by atoms with Crippen molar-refractivity contribution >= 4 is 17.5 Å². The van der Waals surface area contributed by atoms with Crippen molar-refractivity contribution < 1.29 is 0 Å². The van der Waals surface area contributed by atoms with Gasteiger partial charge in [0.2, 0.25) is 5.95 Å². The lowest BCUT2D eigenvalue weighted by atomic mass is 10.1. The maximum absolute atomic E-state index is 4.54. The molecule has 2 aromatic heterocycles. The van der Waals surface area contributed by atoms with Gasteiger partial charge in [-0.2, -0.15) is 4.98 Å². The molecule has 2 heterocycles. The number of aryl methyl sites for hydroxylation is 3. The van der Waals surface area contributed by atoms with Crippen LogP contribution in [-0.2, 0) is 6.54 Å². The van der Waals surface area contributed by atoms with Gasteiger partial charge in [0, 0.05) is 36.4 Å². The molecular formula is C19H21N5. The molecule has 24 heavy (non-hydrogen) atoms. The predicted octanol–water partition coefficient (Wildman–Crippen LogP) is 4.15. The number of hydrogen-bond acceptors (Lipinski definition) is 5. The van der Waals surface area contributed by atoms with Crippen molar-refractivity contribution in [1.29, 1.82) is 0 Å². The number of benzene rings is 1. The van der Waals surface area contributed by atoms with Gasteiger partial charge in [-0.05, 0) is 55.7 Å². The first-order valence-electron chi connectivity index (χ1n) is 7.93. The Morgan fingerprint density at radius 3 is 2.58 bits per heavy atom.